The van der Waals surface area contributed by atoms with Crippen LogP contribution in [0.1, 0.15) is 40.0 Å². The van der Waals surface area contributed by atoms with Crippen molar-refractivity contribution in [1.82, 2.24) is 15.2 Å². The Balaban J connectivity index is 1.96. The zero-order chi connectivity index (χ0) is 18.3. The van der Waals surface area contributed by atoms with Crippen molar-refractivity contribution in [3.63, 3.8) is 0 Å². The molecule has 2 N–H and O–H groups in total. The molecule has 2 aromatic rings. The first kappa shape index (κ1) is 19.0. The molecule has 6 nitrogen and oxygen atoms in total. The third-order valence-corrected chi connectivity index (χ3v) is 4.69. The van der Waals surface area contributed by atoms with Crippen LogP contribution in [-0.2, 0) is 4.79 Å². The Morgan fingerprint density at radius 3 is 2.68 bits per heavy atom. The van der Waals surface area contributed by atoms with E-state index in [1.165, 1.54) is 0 Å². The highest BCUT2D eigenvalue weighted by atomic mass is 16.5. The number of rotatable bonds is 10. The van der Waals surface area contributed by atoms with Gasteiger partial charge in [-0.05, 0) is 43.0 Å². The quantitative estimate of drug-likeness (QED) is 0.639. The minimum Gasteiger partial charge on any atom is -0.497 e. The van der Waals surface area contributed by atoms with Gasteiger partial charge in [-0.2, -0.15) is 4.98 Å². The van der Waals surface area contributed by atoms with Crippen molar-refractivity contribution in [2.45, 2.75) is 40.0 Å². The fourth-order valence-corrected chi connectivity index (χ4v) is 2.47. The summed E-state index contributed by atoms with van der Waals surface area (Å²) < 4.78 is 5.15. The number of H-pyrrole nitrogens is 1. The van der Waals surface area contributed by atoms with E-state index in [9.17, 15) is 4.79 Å². The first-order valence-corrected chi connectivity index (χ1v) is 8.76. The molecule has 0 bridgehead atoms. The molecule has 0 aliphatic carbocycles. The van der Waals surface area contributed by atoms with E-state index in [1.54, 1.807) is 7.11 Å². The molecular weight excluding hydrogens is 316 g/mol. The summed E-state index contributed by atoms with van der Waals surface area (Å²) >= 11 is 0. The number of hydrogen-bond acceptors (Lipinski definition) is 5. The number of ether oxygens (including phenoxy) is 1. The van der Waals surface area contributed by atoms with Gasteiger partial charge < -0.3 is 14.8 Å². The molecule has 0 amide bonds. The number of anilines is 1. The summed E-state index contributed by atoms with van der Waals surface area (Å²) in [6.45, 7) is 6.89. The second-order valence-electron chi connectivity index (χ2n) is 6.91. The van der Waals surface area contributed by atoms with Crippen molar-refractivity contribution in [3.05, 3.63) is 24.3 Å². The van der Waals surface area contributed by atoms with Crippen LogP contribution in [0.4, 0.5) is 5.95 Å². The molecule has 0 radical (unpaired) electrons. The Labute approximate surface area is 149 Å². The average Bonchev–Trinajstić information content (AvgIpc) is 3.13. The molecule has 6 heteroatoms. The molecule has 0 aliphatic rings. The van der Waals surface area contributed by atoms with Crippen molar-refractivity contribution in [2.24, 2.45) is 11.3 Å². The first-order chi connectivity index (χ1) is 12.0. The summed E-state index contributed by atoms with van der Waals surface area (Å²) in [6, 6.07) is 7.60. The molecule has 136 valence electrons. The lowest BCUT2D eigenvalue weighted by Gasteiger charge is -2.24. The summed E-state index contributed by atoms with van der Waals surface area (Å²) in [5.41, 5.74) is 0.515. The predicted molar refractivity (Wildman–Crippen MR) is 99.7 cm³/mol. The monoisotopic (exact) mass is 344 g/mol. The van der Waals surface area contributed by atoms with E-state index in [2.05, 4.69) is 34.3 Å². The van der Waals surface area contributed by atoms with Gasteiger partial charge in [-0.3, -0.25) is 5.10 Å². The lowest BCUT2D eigenvalue weighted by Crippen LogP contribution is -2.29. The van der Waals surface area contributed by atoms with Crippen LogP contribution in [0.15, 0.2) is 24.3 Å². The number of nitrogens with zero attached hydrogens (tertiary/aromatic N) is 2. The number of methoxy groups -OCH3 is 1. The van der Waals surface area contributed by atoms with Crippen LogP contribution in [0.5, 0.6) is 5.75 Å². The average molecular weight is 344 g/mol. The smallest absolute Gasteiger partial charge is 0.242 e. The summed E-state index contributed by atoms with van der Waals surface area (Å²) in [5.74, 6) is 2.61. The largest absolute Gasteiger partial charge is 0.497 e. The lowest BCUT2D eigenvalue weighted by molar-refractivity contribution is -0.115. The molecule has 2 rings (SSSR count). The summed E-state index contributed by atoms with van der Waals surface area (Å²) in [5, 5.41) is 10.3. The fraction of sp³-hybridized carbons (Fsp3) is 0.526. The molecule has 0 fully saturated rings. The van der Waals surface area contributed by atoms with E-state index in [-0.39, 0.29) is 0 Å². The molecule has 2 atom stereocenters. The molecule has 0 saturated heterocycles. The molecular formula is C19H28N4O2. The molecule has 2 unspecified atom stereocenters. The highest BCUT2D eigenvalue weighted by Crippen LogP contribution is 2.25. The van der Waals surface area contributed by atoms with Crippen molar-refractivity contribution in [2.75, 3.05) is 19.0 Å². The van der Waals surface area contributed by atoms with E-state index in [4.69, 9.17) is 4.74 Å². The number of nitrogens with one attached hydrogen (secondary N) is 2. The van der Waals surface area contributed by atoms with Crippen LogP contribution in [0.2, 0.25) is 0 Å². The number of hydrogen-bond donors (Lipinski definition) is 2. The Morgan fingerprint density at radius 2 is 2.08 bits per heavy atom. The van der Waals surface area contributed by atoms with Gasteiger partial charge in [0.1, 0.15) is 12.0 Å². The van der Waals surface area contributed by atoms with Crippen LogP contribution in [0, 0.1) is 11.3 Å². The predicted octanol–water partition coefficient (Wildman–Crippen LogP) is 3.92. The van der Waals surface area contributed by atoms with Crippen molar-refractivity contribution < 1.29 is 9.53 Å². The summed E-state index contributed by atoms with van der Waals surface area (Å²) in [7, 11) is 1.64. The van der Waals surface area contributed by atoms with Gasteiger partial charge in [-0.25, -0.2) is 0 Å². The number of benzene rings is 1. The van der Waals surface area contributed by atoms with Gasteiger partial charge in [0.15, 0.2) is 5.82 Å². The Bertz CT molecular complexity index is 668. The maximum absolute atomic E-state index is 11.5. The highest BCUT2D eigenvalue weighted by molar-refractivity contribution is 5.60. The molecule has 1 aromatic carbocycles. The van der Waals surface area contributed by atoms with Gasteiger partial charge in [0.2, 0.25) is 5.95 Å². The normalized spacial score (nSPS) is 14.6. The maximum Gasteiger partial charge on any atom is 0.242 e. The number of aromatic amines is 1. The zero-order valence-corrected chi connectivity index (χ0v) is 15.5. The van der Waals surface area contributed by atoms with Gasteiger partial charge in [0.05, 0.1) is 7.11 Å². The van der Waals surface area contributed by atoms with Crippen LogP contribution in [-0.4, -0.2) is 35.1 Å². The van der Waals surface area contributed by atoms with Gasteiger partial charge in [0.25, 0.3) is 0 Å². The van der Waals surface area contributed by atoms with Gasteiger partial charge in [-0.1, -0.05) is 27.2 Å². The van der Waals surface area contributed by atoms with Crippen LogP contribution >= 0.6 is 0 Å². The minimum absolute atomic E-state index is 0.412. The Hall–Kier alpha value is -2.37. The molecule has 0 saturated carbocycles. The topological polar surface area (TPSA) is 79.9 Å². The summed E-state index contributed by atoms with van der Waals surface area (Å²) in [4.78, 5) is 16.0. The highest BCUT2D eigenvalue weighted by Gasteiger charge is 2.24. The molecule has 0 aliphatic heterocycles. The second-order valence-corrected chi connectivity index (χ2v) is 6.91. The minimum atomic E-state index is -0.412. The van der Waals surface area contributed by atoms with Gasteiger partial charge in [-0.15, -0.1) is 5.10 Å². The standard InChI is InChI=1S/C19H28N4O2/c1-5-14(2)10-11-19(3,13-24)12-20-18-21-17(22-23-18)15-6-8-16(25-4)9-7-15/h6-9,13-14H,5,10-12H2,1-4H3,(H2,20,21,22,23). The molecule has 1 heterocycles. The third-order valence-electron chi connectivity index (χ3n) is 4.69. The molecule has 25 heavy (non-hydrogen) atoms. The zero-order valence-electron chi connectivity index (χ0n) is 15.5. The SMILES string of the molecule is CCC(C)CCC(C)(C=O)CNc1n[nH]c(-c2ccc(OC)cc2)n1. The maximum atomic E-state index is 11.5. The Kier molecular flexibility index (Phi) is 6.56. The number of carbonyl (C=O) groups is 1. The fourth-order valence-electron chi connectivity index (χ4n) is 2.47. The van der Waals surface area contributed by atoms with Crippen molar-refractivity contribution in [3.8, 4) is 17.1 Å². The third kappa shape index (κ3) is 5.31. The number of carbonyl (C=O) groups excluding carboxylic acids is 1. The van der Waals surface area contributed by atoms with E-state index in [0.29, 0.717) is 24.2 Å². The number of aromatic nitrogens is 3. The van der Waals surface area contributed by atoms with Crippen molar-refractivity contribution >= 4 is 12.2 Å². The van der Waals surface area contributed by atoms with Gasteiger partial charge in [0, 0.05) is 17.5 Å². The van der Waals surface area contributed by atoms with E-state index in [0.717, 1.165) is 36.9 Å². The molecule has 0 spiro atoms. The van der Waals surface area contributed by atoms with Crippen molar-refractivity contribution in [1.29, 1.82) is 0 Å². The van der Waals surface area contributed by atoms with E-state index < -0.39 is 5.41 Å². The lowest BCUT2D eigenvalue weighted by atomic mass is 9.84. The number of aldehydes is 1. The van der Waals surface area contributed by atoms with Crippen LogP contribution < -0.4 is 10.1 Å². The molecule has 1 aromatic heterocycles. The summed E-state index contributed by atoms with van der Waals surface area (Å²) in [6.07, 6.45) is 4.07. The van der Waals surface area contributed by atoms with E-state index >= 15 is 0 Å². The van der Waals surface area contributed by atoms with Crippen LogP contribution in [0.25, 0.3) is 11.4 Å². The van der Waals surface area contributed by atoms with Gasteiger partial charge >= 0.3 is 0 Å². The Morgan fingerprint density at radius 1 is 1.36 bits per heavy atom. The first-order valence-electron chi connectivity index (χ1n) is 8.76. The van der Waals surface area contributed by atoms with E-state index in [1.807, 2.05) is 31.2 Å². The van der Waals surface area contributed by atoms with Crippen LogP contribution in [0.3, 0.4) is 0 Å². The second kappa shape index (κ2) is 8.65.